The lowest BCUT2D eigenvalue weighted by Crippen LogP contribution is -2.32. The SMILES string of the molecule is CCOCCN1C(=O)C(=Cc2cc(Cl)c(OCC(=O)OC)c(OC)c2)SC1=Nc1ccccc1. The molecule has 0 aliphatic carbocycles. The molecule has 3 rings (SSSR count). The molecule has 1 heterocycles. The van der Waals surface area contributed by atoms with Gasteiger partial charge < -0.3 is 18.9 Å². The van der Waals surface area contributed by atoms with E-state index in [2.05, 4.69) is 9.73 Å². The lowest BCUT2D eigenvalue weighted by molar-refractivity contribution is -0.142. The molecule has 0 bridgehead atoms. The molecule has 10 heteroatoms. The van der Waals surface area contributed by atoms with Crippen LogP contribution in [0.5, 0.6) is 11.5 Å². The van der Waals surface area contributed by atoms with Crippen LogP contribution in [0.1, 0.15) is 12.5 Å². The second-order valence-electron chi connectivity index (χ2n) is 6.89. The normalized spacial score (nSPS) is 15.8. The lowest BCUT2D eigenvalue weighted by atomic mass is 10.1. The summed E-state index contributed by atoms with van der Waals surface area (Å²) in [5.41, 5.74) is 1.38. The maximum atomic E-state index is 13.2. The molecule has 2 aromatic rings. The number of carbonyl (C=O) groups excluding carboxylic acids is 2. The van der Waals surface area contributed by atoms with Gasteiger partial charge in [0.2, 0.25) is 0 Å². The molecule has 8 nitrogen and oxygen atoms in total. The monoisotopic (exact) mass is 504 g/mol. The number of amidine groups is 1. The van der Waals surface area contributed by atoms with Gasteiger partial charge in [-0.05, 0) is 54.6 Å². The van der Waals surface area contributed by atoms with Gasteiger partial charge in [0.05, 0.1) is 43.0 Å². The number of hydrogen-bond acceptors (Lipinski definition) is 8. The third-order valence-corrected chi connectivity index (χ3v) is 5.93. The van der Waals surface area contributed by atoms with E-state index < -0.39 is 5.97 Å². The number of aliphatic imine (C=N–C) groups is 1. The van der Waals surface area contributed by atoms with Crippen LogP contribution < -0.4 is 9.47 Å². The minimum absolute atomic E-state index is 0.180. The van der Waals surface area contributed by atoms with Crippen molar-refractivity contribution in [2.24, 2.45) is 4.99 Å². The number of amides is 1. The van der Waals surface area contributed by atoms with E-state index in [1.807, 2.05) is 37.3 Å². The van der Waals surface area contributed by atoms with E-state index in [0.717, 1.165) is 5.69 Å². The summed E-state index contributed by atoms with van der Waals surface area (Å²) in [6.45, 7) is 2.94. The minimum Gasteiger partial charge on any atom is -0.493 e. The average Bonchev–Trinajstić information content (AvgIpc) is 3.12. The Morgan fingerprint density at radius 1 is 1.21 bits per heavy atom. The van der Waals surface area contributed by atoms with Crippen molar-refractivity contribution in [3.8, 4) is 11.5 Å². The summed E-state index contributed by atoms with van der Waals surface area (Å²) in [6.07, 6.45) is 1.71. The molecule has 1 aliphatic heterocycles. The third-order valence-electron chi connectivity index (χ3n) is 4.64. The first-order valence-electron chi connectivity index (χ1n) is 10.5. The van der Waals surface area contributed by atoms with Gasteiger partial charge in [0, 0.05) is 6.61 Å². The van der Waals surface area contributed by atoms with Crippen molar-refractivity contribution in [1.82, 2.24) is 4.90 Å². The van der Waals surface area contributed by atoms with E-state index in [1.165, 1.54) is 26.0 Å². The van der Waals surface area contributed by atoms with Crippen LogP contribution in [0.3, 0.4) is 0 Å². The number of halogens is 1. The van der Waals surface area contributed by atoms with Gasteiger partial charge in [0.25, 0.3) is 5.91 Å². The van der Waals surface area contributed by atoms with Gasteiger partial charge in [0.1, 0.15) is 0 Å². The zero-order valence-electron chi connectivity index (χ0n) is 19.1. The summed E-state index contributed by atoms with van der Waals surface area (Å²) in [5.74, 6) is -0.188. The van der Waals surface area contributed by atoms with E-state index >= 15 is 0 Å². The number of benzene rings is 2. The minimum atomic E-state index is -0.547. The molecular formula is C24H25ClN2O6S. The topological polar surface area (TPSA) is 86.7 Å². The summed E-state index contributed by atoms with van der Waals surface area (Å²) >= 11 is 7.65. The highest BCUT2D eigenvalue weighted by Gasteiger charge is 2.33. The number of ether oxygens (including phenoxy) is 4. The second kappa shape index (κ2) is 12.5. The summed E-state index contributed by atoms with van der Waals surface area (Å²) in [6, 6.07) is 12.7. The average molecular weight is 505 g/mol. The van der Waals surface area contributed by atoms with Crippen molar-refractivity contribution in [1.29, 1.82) is 0 Å². The molecule has 0 saturated carbocycles. The maximum Gasteiger partial charge on any atom is 0.343 e. The fraction of sp³-hybridized carbons (Fsp3) is 0.292. The quantitative estimate of drug-likeness (QED) is 0.266. The third kappa shape index (κ3) is 6.53. The van der Waals surface area contributed by atoms with E-state index in [0.29, 0.717) is 41.1 Å². The number of carbonyl (C=O) groups is 2. The predicted molar refractivity (Wildman–Crippen MR) is 133 cm³/mol. The standard InChI is InChI=1S/C24H25ClN2O6S/c1-4-32-11-10-27-23(29)20(34-24(27)26-17-8-6-5-7-9-17)14-16-12-18(25)22(19(13-16)30-2)33-15-21(28)31-3/h5-9,12-14H,4,10-11,15H2,1-3H3. The largest absolute Gasteiger partial charge is 0.493 e. The molecule has 0 radical (unpaired) electrons. The highest BCUT2D eigenvalue weighted by atomic mass is 35.5. The van der Waals surface area contributed by atoms with Gasteiger partial charge in [-0.2, -0.15) is 0 Å². The van der Waals surface area contributed by atoms with E-state index in [4.69, 9.17) is 25.8 Å². The first kappa shape index (κ1) is 25.6. The van der Waals surface area contributed by atoms with Gasteiger partial charge in [-0.3, -0.25) is 9.69 Å². The first-order chi connectivity index (χ1) is 16.5. The molecule has 0 unspecified atom stereocenters. The molecule has 0 N–H and O–H groups in total. The van der Waals surface area contributed by atoms with Gasteiger partial charge in [-0.25, -0.2) is 9.79 Å². The highest BCUT2D eigenvalue weighted by Crippen LogP contribution is 2.39. The van der Waals surface area contributed by atoms with Crippen LogP contribution in [0.25, 0.3) is 6.08 Å². The van der Waals surface area contributed by atoms with Gasteiger partial charge in [-0.1, -0.05) is 29.8 Å². The molecule has 0 spiro atoms. The molecule has 34 heavy (non-hydrogen) atoms. The number of para-hydroxylation sites is 1. The smallest absolute Gasteiger partial charge is 0.343 e. The summed E-state index contributed by atoms with van der Waals surface area (Å²) in [7, 11) is 2.73. The zero-order valence-corrected chi connectivity index (χ0v) is 20.6. The molecule has 180 valence electrons. The van der Waals surface area contributed by atoms with Crippen molar-refractivity contribution < 1.29 is 28.5 Å². The van der Waals surface area contributed by atoms with Crippen LogP contribution >= 0.6 is 23.4 Å². The Labute approximate surface area is 207 Å². The summed E-state index contributed by atoms with van der Waals surface area (Å²) in [5, 5.41) is 0.801. The van der Waals surface area contributed by atoms with Gasteiger partial charge in [0.15, 0.2) is 23.3 Å². The second-order valence-corrected chi connectivity index (χ2v) is 8.31. The van der Waals surface area contributed by atoms with Crippen LogP contribution in [0.2, 0.25) is 5.02 Å². The molecule has 1 aliphatic rings. The van der Waals surface area contributed by atoms with Crippen LogP contribution in [-0.2, 0) is 19.1 Å². The first-order valence-corrected chi connectivity index (χ1v) is 11.7. The molecular weight excluding hydrogens is 480 g/mol. The number of hydrogen-bond donors (Lipinski definition) is 0. The molecule has 0 aromatic heterocycles. The van der Waals surface area contributed by atoms with Crippen molar-refractivity contribution >= 4 is 52.2 Å². The van der Waals surface area contributed by atoms with E-state index in [9.17, 15) is 9.59 Å². The number of methoxy groups -OCH3 is 2. The molecule has 1 fully saturated rings. The fourth-order valence-corrected chi connectivity index (χ4v) is 4.30. The van der Waals surface area contributed by atoms with Crippen molar-refractivity contribution in [3.63, 3.8) is 0 Å². The molecule has 2 aromatic carbocycles. The lowest BCUT2D eigenvalue weighted by Gasteiger charge is -2.15. The van der Waals surface area contributed by atoms with Gasteiger partial charge in [-0.15, -0.1) is 0 Å². The Balaban J connectivity index is 1.90. The Bertz CT molecular complexity index is 1090. The predicted octanol–water partition coefficient (Wildman–Crippen LogP) is 4.54. The Hall–Kier alpha value is -3.01. The Morgan fingerprint density at radius 2 is 1.97 bits per heavy atom. The van der Waals surface area contributed by atoms with E-state index in [1.54, 1.807) is 23.1 Å². The molecule has 0 atom stereocenters. The molecule has 1 amide bonds. The van der Waals surface area contributed by atoms with Crippen molar-refractivity contribution in [2.45, 2.75) is 6.92 Å². The number of thioether (sulfide) groups is 1. The van der Waals surface area contributed by atoms with Gasteiger partial charge >= 0.3 is 5.97 Å². The number of nitrogens with zero attached hydrogens (tertiary/aromatic N) is 2. The highest BCUT2D eigenvalue weighted by molar-refractivity contribution is 8.18. The van der Waals surface area contributed by atoms with Crippen molar-refractivity contribution in [3.05, 3.63) is 58.0 Å². The van der Waals surface area contributed by atoms with E-state index in [-0.39, 0.29) is 23.3 Å². The summed E-state index contributed by atoms with van der Waals surface area (Å²) < 4.78 is 20.9. The Morgan fingerprint density at radius 3 is 2.65 bits per heavy atom. The van der Waals surface area contributed by atoms with Crippen LogP contribution in [0.15, 0.2) is 52.4 Å². The maximum absolute atomic E-state index is 13.2. The zero-order chi connectivity index (χ0) is 24.5. The van der Waals surface area contributed by atoms with Crippen LogP contribution in [0, 0.1) is 0 Å². The number of esters is 1. The van der Waals surface area contributed by atoms with Crippen LogP contribution in [-0.4, -0.2) is 62.5 Å². The fourth-order valence-electron chi connectivity index (χ4n) is 3.01. The number of rotatable bonds is 10. The summed E-state index contributed by atoms with van der Waals surface area (Å²) in [4.78, 5) is 31.3. The van der Waals surface area contributed by atoms with Crippen molar-refractivity contribution in [2.75, 3.05) is 40.6 Å². The Kier molecular flexibility index (Phi) is 9.38. The molecule has 1 saturated heterocycles. The van der Waals surface area contributed by atoms with Crippen LogP contribution in [0.4, 0.5) is 5.69 Å².